The zero-order chi connectivity index (χ0) is 26.3. The highest BCUT2D eigenvalue weighted by Crippen LogP contribution is 2.30. The summed E-state index contributed by atoms with van der Waals surface area (Å²) in [6.07, 6.45) is 1.04. The third kappa shape index (κ3) is 6.10. The van der Waals surface area contributed by atoms with Crippen molar-refractivity contribution in [2.24, 2.45) is 0 Å². The Kier molecular flexibility index (Phi) is 6.63. The van der Waals surface area contributed by atoms with E-state index in [1.165, 1.54) is 11.3 Å². The highest BCUT2D eigenvalue weighted by atomic mass is 32.1. The van der Waals surface area contributed by atoms with Crippen LogP contribution in [0.4, 0.5) is 16.4 Å². The molecule has 2 amide bonds. The number of carbonyl (C=O) groups excluding carboxylic acids is 2. The van der Waals surface area contributed by atoms with Gasteiger partial charge in [-0.15, -0.1) is 11.3 Å². The van der Waals surface area contributed by atoms with Crippen LogP contribution in [-0.4, -0.2) is 42.8 Å². The summed E-state index contributed by atoms with van der Waals surface area (Å²) in [5.41, 5.74) is 0.0142. The Labute approximate surface area is 212 Å². The minimum atomic E-state index is -1.07. The van der Waals surface area contributed by atoms with Gasteiger partial charge in [-0.25, -0.2) is 14.8 Å². The molecule has 4 aromatic rings. The van der Waals surface area contributed by atoms with Gasteiger partial charge in [0.25, 0.3) is 5.91 Å². The van der Waals surface area contributed by atoms with Gasteiger partial charge < -0.3 is 18.8 Å². The summed E-state index contributed by atoms with van der Waals surface area (Å²) in [5, 5.41) is 16.0. The summed E-state index contributed by atoms with van der Waals surface area (Å²) in [5.74, 6) is 1.07. The van der Waals surface area contributed by atoms with Gasteiger partial charge in [0, 0.05) is 12.6 Å². The standard InChI is InChI=1S/C25H29N5O5S/c1-14-26-12-18(34-14)19-9-10-20(36-19)21(31)29-22-28-16-11-15(27-23(32)35-24(2,3)4)7-8-17(16)30(22)13-25(5,6)33/h7-12,33H,13H2,1-6H3,(H,27,32)(H,28,29,31). The van der Waals surface area contributed by atoms with Crippen LogP contribution in [0.15, 0.2) is 40.9 Å². The first-order valence-electron chi connectivity index (χ1n) is 11.3. The fourth-order valence-electron chi connectivity index (χ4n) is 3.50. The van der Waals surface area contributed by atoms with Crippen molar-refractivity contribution in [1.82, 2.24) is 14.5 Å². The first-order chi connectivity index (χ1) is 16.8. The molecule has 3 aromatic heterocycles. The summed E-state index contributed by atoms with van der Waals surface area (Å²) in [4.78, 5) is 35.2. The topological polar surface area (TPSA) is 132 Å². The van der Waals surface area contributed by atoms with Crippen molar-refractivity contribution in [3.8, 4) is 10.6 Å². The molecule has 0 spiro atoms. The molecule has 4 rings (SSSR count). The second kappa shape index (κ2) is 9.40. The molecule has 36 heavy (non-hydrogen) atoms. The van der Waals surface area contributed by atoms with Gasteiger partial charge in [0.1, 0.15) is 5.60 Å². The van der Waals surface area contributed by atoms with Crippen molar-refractivity contribution in [3.05, 3.63) is 47.3 Å². The molecule has 11 heteroatoms. The van der Waals surface area contributed by atoms with Crippen LogP contribution >= 0.6 is 11.3 Å². The number of nitrogens with zero attached hydrogens (tertiary/aromatic N) is 3. The van der Waals surface area contributed by atoms with Crippen molar-refractivity contribution in [3.63, 3.8) is 0 Å². The number of ether oxygens (including phenoxy) is 1. The zero-order valence-electron chi connectivity index (χ0n) is 21.0. The minimum Gasteiger partial charge on any atom is -0.444 e. The number of aliphatic hydroxyl groups is 1. The van der Waals surface area contributed by atoms with Crippen molar-refractivity contribution in [2.45, 2.75) is 59.3 Å². The molecular weight excluding hydrogens is 482 g/mol. The van der Waals surface area contributed by atoms with Crippen molar-refractivity contribution >= 4 is 46.0 Å². The number of rotatable bonds is 6. The second-order valence-corrected chi connectivity index (χ2v) is 11.1. The maximum absolute atomic E-state index is 13.1. The lowest BCUT2D eigenvalue weighted by molar-refractivity contribution is 0.0626. The number of amides is 2. The molecule has 0 aliphatic carbocycles. The molecule has 0 bridgehead atoms. The van der Waals surface area contributed by atoms with E-state index in [0.717, 1.165) is 4.88 Å². The molecule has 0 saturated heterocycles. The number of thiophene rings is 1. The molecule has 0 unspecified atom stereocenters. The van der Waals surface area contributed by atoms with Crippen LogP contribution in [0.2, 0.25) is 0 Å². The Morgan fingerprint density at radius 3 is 2.53 bits per heavy atom. The highest BCUT2D eigenvalue weighted by molar-refractivity contribution is 7.17. The van der Waals surface area contributed by atoms with E-state index in [1.807, 2.05) is 0 Å². The van der Waals surface area contributed by atoms with E-state index in [0.29, 0.717) is 33.2 Å². The lowest BCUT2D eigenvalue weighted by Crippen LogP contribution is -2.27. The average Bonchev–Trinajstić information content (AvgIpc) is 3.45. The molecule has 0 atom stereocenters. The third-order valence-electron chi connectivity index (χ3n) is 4.86. The van der Waals surface area contributed by atoms with Crippen molar-refractivity contribution in [1.29, 1.82) is 0 Å². The van der Waals surface area contributed by atoms with Gasteiger partial charge in [0.2, 0.25) is 5.95 Å². The molecule has 190 valence electrons. The Morgan fingerprint density at radius 1 is 1.14 bits per heavy atom. The Morgan fingerprint density at radius 2 is 1.89 bits per heavy atom. The smallest absolute Gasteiger partial charge is 0.412 e. The molecule has 0 fully saturated rings. The summed E-state index contributed by atoms with van der Waals surface area (Å²) in [6, 6.07) is 8.68. The number of hydrogen-bond donors (Lipinski definition) is 3. The van der Waals surface area contributed by atoms with E-state index in [-0.39, 0.29) is 18.4 Å². The predicted octanol–water partition coefficient (Wildman–Crippen LogP) is 5.43. The molecule has 0 radical (unpaired) electrons. The monoisotopic (exact) mass is 511 g/mol. The fourth-order valence-corrected chi connectivity index (χ4v) is 4.35. The fraction of sp³-hybridized carbons (Fsp3) is 0.360. The molecule has 0 aliphatic heterocycles. The Hall–Kier alpha value is -3.70. The number of anilines is 2. The number of carbonyl (C=O) groups is 2. The van der Waals surface area contributed by atoms with Crippen LogP contribution in [0.25, 0.3) is 21.7 Å². The predicted molar refractivity (Wildman–Crippen MR) is 138 cm³/mol. The van der Waals surface area contributed by atoms with Gasteiger partial charge in [-0.2, -0.15) is 0 Å². The van der Waals surface area contributed by atoms with E-state index >= 15 is 0 Å². The largest absolute Gasteiger partial charge is 0.444 e. The van der Waals surface area contributed by atoms with E-state index in [4.69, 9.17) is 9.15 Å². The average molecular weight is 512 g/mol. The lowest BCUT2D eigenvalue weighted by Gasteiger charge is -2.20. The molecule has 0 saturated carbocycles. The third-order valence-corrected chi connectivity index (χ3v) is 5.96. The van der Waals surface area contributed by atoms with Gasteiger partial charge in [-0.1, -0.05) is 0 Å². The lowest BCUT2D eigenvalue weighted by atomic mass is 10.1. The van der Waals surface area contributed by atoms with E-state index in [9.17, 15) is 14.7 Å². The maximum atomic E-state index is 13.1. The zero-order valence-corrected chi connectivity index (χ0v) is 21.8. The first kappa shape index (κ1) is 25.4. The Bertz CT molecular complexity index is 1420. The van der Waals surface area contributed by atoms with E-state index < -0.39 is 17.3 Å². The first-order valence-corrected chi connectivity index (χ1v) is 12.2. The number of oxazole rings is 1. The summed E-state index contributed by atoms with van der Waals surface area (Å²) >= 11 is 1.27. The van der Waals surface area contributed by atoms with E-state index in [1.54, 1.807) is 82.6 Å². The second-order valence-electron chi connectivity index (χ2n) is 10.0. The van der Waals surface area contributed by atoms with Crippen molar-refractivity contribution < 1.29 is 23.8 Å². The van der Waals surface area contributed by atoms with Gasteiger partial charge >= 0.3 is 6.09 Å². The summed E-state index contributed by atoms with van der Waals surface area (Å²) < 4.78 is 12.6. The Balaban J connectivity index is 1.61. The van der Waals surface area contributed by atoms with Crippen LogP contribution in [0.3, 0.4) is 0 Å². The van der Waals surface area contributed by atoms with Gasteiger partial charge in [-0.05, 0) is 65.0 Å². The normalized spacial score (nSPS) is 12.1. The SMILES string of the molecule is Cc1ncc(-c2ccc(C(=O)Nc3nc4cc(NC(=O)OC(C)(C)C)ccc4n3CC(C)(C)O)s2)o1. The number of benzene rings is 1. The number of fused-ring (bicyclic) bond motifs is 1. The van der Waals surface area contributed by atoms with Crippen LogP contribution in [-0.2, 0) is 11.3 Å². The van der Waals surface area contributed by atoms with Crippen LogP contribution < -0.4 is 10.6 Å². The summed E-state index contributed by atoms with van der Waals surface area (Å²) in [7, 11) is 0. The van der Waals surface area contributed by atoms with Crippen LogP contribution in [0, 0.1) is 6.92 Å². The molecule has 10 nitrogen and oxygen atoms in total. The highest BCUT2D eigenvalue weighted by Gasteiger charge is 2.22. The number of hydrogen-bond acceptors (Lipinski definition) is 8. The van der Waals surface area contributed by atoms with Gasteiger partial charge in [-0.3, -0.25) is 15.4 Å². The molecular formula is C25H29N5O5S. The van der Waals surface area contributed by atoms with Gasteiger partial charge in [0.15, 0.2) is 11.7 Å². The number of aryl methyl sites for hydroxylation is 1. The number of imidazole rings is 1. The number of aromatic nitrogens is 3. The van der Waals surface area contributed by atoms with Crippen LogP contribution in [0.5, 0.6) is 0 Å². The molecule has 3 heterocycles. The minimum absolute atomic E-state index is 0.186. The maximum Gasteiger partial charge on any atom is 0.412 e. The number of nitrogens with one attached hydrogen (secondary N) is 2. The van der Waals surface area contributed by atoms with E-state index in [2.05, 4.69) is 20.6 Å². The van der Waals surface area contributed by atoms with Crippen LogP contribution in [0.1, 0.15) is 50.2 Å². The quantitative estimate of drug-likeness (QED) is 0.314. The molecule has 1 aromatic carbocycles. The van der Waals surface area contributed by atoms with Crippen molar-refractivity contribution in [2.75, 3.05) is 10.6 Å². The molecule has 3 N–H and O–H groups in total. The summed E-state index contributed by atoms with van der Waals surface area (Å²) in [6.45, 7) is 10.6. The van der Waals surface area contributed by atoms with Gasteiger partial charge in [0.05, 0.1) is 39.1 Å². The molecule has 0 aliphatic rings.